The van der Waals surface area contributed by atoms with Gasteiger partial charge in [0.15, 0.2) is 24.7 Å². The van der Waals surface area contributed by atoms with E-state index >= 15 is 0 Å². The first kappa shape index (κ1) is 20.6. The molecule has 0 aliphatic carbocycles. The smallest absolute Gasteiger partial charge is 0.303 e. The molecule has 0 radical (unpaired) electrons. The minimum absolute atomic E-state index is 0.0159. The van der Waals surface area contributed by atoms with Crippen LogP contribution in [-0.2, 0) is 38.1 Å². The van der Waals surface area contributed by atoms with E-state index in [1.54, 1.807) is 0 Å². The van der Waals surface area contributed by atoms with E-state index in [4.69, 9.17) is 35.3 Å². The molecule has 5 atom stereocenters. The van der Waals surface area contributed by atoms with Crippen molar-refractivity contribution in [2.24, 2.45) is 0 Å². The first-order valence-corrected chi connectivity index (χ1v) is 7.74. The predicted molar refractivity (Wildman–Crippen MR) is 78.0 cm³/mol. The fraction of sp³-hybridized carbons (Fsp3) is 0.786. The van der Waals surface area contributed by atoms with Crippen molar-refractivity contribution in [3.63, 3.8) is 0 Å². The number of hydrogen-bond acceptors (Lipinski definition) is 8. The van der Waals surface area contributed by atoms with Crippen molar-refractivity contribution in [2.75, 3.05) is 19.1 Å². The van der Waals surface area contributed by atoms with Crippen LogP contribution < -0.4 is 0 Å². The van der Waals surface area contributed by atoms with Gasteiger partial charge in [0.05, 0.1) is 6.61 Å². The molecule has 138 valence electrons. The molecule has 0 spiro atoms. The van der Waals surface area contributed by atoms with Crippen LogP contribution in [0.5, 0.6) is 0 Å². The van der Waals surface area contributed by atoms with Gasteiger partial charge >= 0.3 is 17.9 Å². The topological polar surface area (TPSA) is 97.4 Å². The molecule has 1 rings (SSSR count). The van der Waals surface area contributed by atoms with Crippen LogP contribution in [0.2, 0.25) is 0 Å². The molecule has 1 heterocycles. The number of hydrogen-bond donors (Lipinski definition) is 0. The van der Waals surface area contributed by atoms with Gasteiger partial charge in [-0.25, -0.2) is 4.39 Å². The third kappa shape index (κ3) is 6.21. The zero-order valence-corrected chi connectivity index (χ0v) is 14.3. The summed E-state index contributed by atoms with van der Waals surface area (Å²) in [5.74, 6) is -2.03. The summed E-state index contributed by atoms with van der Waals surface area (Å²) >= 11 is 5.50. The second-order valence-corrected chi connectivity index (χ2v) is 5.38. The minimum atomic E-state index is -1.92. The Labute approximate surface area is 143 Å². The third-order valence-electron chi connectivity index (χ3n) is 2.99. The lowest BCUT2D eigenvalue weighted by atomic mass is 9.99. The SMILES string of the molecule is CC(=O)OC[C@H]1O[C@H](OCCCl)[C@@H](F)[C@@H](OC(C)=O)[C@@H]1OC(C)=O. The van der Waals surface area contributed by atoms with Gasteiger partial charge < -0.3 is 23.7 Å². The van der Waals surface area contributed by atoms with Gasteiger partial charge in [0.25, 0.3) is 0 Å². The summed E-state index contributed by atoms with van der Waals surface area (Å²) in [4.78, 5) is 33.6. The maximum absolute atomic E-state index is 14.6. The van der Waals surface area contributed by atoms with Gasteiger partial charge in [-0.3, -0.25) is 14.4 Å². The van der Waals surface area contributed by atoms with Crippen LogP contribution in [0.4, 0.5) is 4.39 Å². The number of esters is 3. The van der Waals surface area contributed by atoms with Crippen LogP contribution in [0.15, 0.2) is 0 Å². The number of carbonyl (C=O) groups is 3. The fourth-order valence-electron chi connectivity index (χ4n) is 2.16. The highest BCUT2D eigenvalue weighted by Crippen LogP contribution is 2.29. The van der Waals surface area contributed by atoms with Crippen molar-refractivity contribution in [3.05, 3.63) is 0 Å². The van der Waals surface area contributed by atoms with Crippen molar-refractivity contribution in [1.29, 1.82) is 0 Å². The van der Waals surface area contributed by atoms with E-state index in [1.165, 1.54) is 6.92 Å². The molecule has 0 N–H and O–H groups in total. The normalized spacial score (nSPS) is 29.6. The van der Waals surface area contributed by atoms with E-state index in [2.05, 4.69) is 0 Å². The molecule has 0 saturated carbocycles. The zero-order chi connectivity index (χ0) is 18.3. The van der Waals surface area contributed by atoms with E-state index in [9.17, 15) is 18.8 Å². The van der Waals surface area contributed by atoms with E-state index in [0.717, 1.165) is 13.8 Å². The van der Waals surface area contributed by atoms with Crippen LogP contribution in [-0.4, -0.2) is 67.8 Å². The van der Waals surface area contributed by atoms with Crippen molar-refractivity contribution in [1.82, 2.24) is 0 Å². The number of rotatable bonds is 7. The van der Waals surface area contributed by atoms with E-state index < -0.39 is 48.7 Å². The highest BCUT2D eigenvalue weighted by molar-refractivity contribution is 6.17. The first-order valence-electron chi connectivity index (χ1n) is 7.21. The lowest BCUT2D eigenvalue weighted by Crippen LogP contribution is -2.60. The molecule has 10 heteroatoms. The van der Waals surface area contributed by atoms with E-state index in [-0.39, 0.29) is 19.1 Å². The van der Waals surface area contributed by atoms with Gasteiger partial charge in [0.1, 0.15) is 12.7 Å². The Kier molecular flexibility index (Phi) is 8.37. The quantitative estimate of drug-likeness (QED) is 0.367. The van der Waals surface area contributed by atoms with Crippen LogP contribution in [0.3, 0.4) is 0 Å². The van der Waals surface area contributed by atoms with Gasteiger partial charge in [0, 0.05) is 26.7 Å². The summed E-state index contributed by atoms with van der Waals surface area (Å²) in [7, 11) is 0. The van der Waals surface area contributed by atoms with Crippen LogP contribution >= 0.6 is 11.6 Å². The summed E-state index contributed by atoms with van der Waals surface area (Å²) in [6.45, 7) is 3.02. The molecule has 1 aliphatic rings. The van der Waals surface area contributed by atoms with Crippen molar-refractivity contribution >= 4 is 29.5 Å². The second-order valence-electron chi connectivity index (χ2n) is 5.00. The van der Waals surface area contributed by atoms with Gasteiger partial charge in [-0.2, -0.15) is 0 Å². The maximum Gasteiger partial charge on any atom is 0.303 e. The molecule has 0 bridgehead atoms. The molecule has 0 aromatic carbocycles. The molecule has 0 aromatic rings. The average molecular weight is 371 g/mol. The Morgan fingerprint density at radius 1 is 1.04 bits per heavy atom. The molecule has 1 fully saturated rings. The molecule has 8 nitrogen and oxygen atoms in total. The highest BCUT2D eigenvalue weighted by Gasteiger charge is 2.51. The Balaban J connectivity index is 3.01. The van der Waals surface area contributed by atoms with Gasteiger partial charge in [-0.05, 0) is 0 Å². The number of alkyl halides is 2. The molecule has 0 aromatic heterocycles. The Bertz CT molecular complexity index is 460. The standard InChI is InChI=1S/C14H20ClFO8/c1-7(17)21-6-10-12(22-8(2)18)13(23-9(3)19)11(16)14(24-10)20-5-4-15/h10-14H,4-6H2,1-3H3/t10-,11+,12-,13-,14+/m1/s1. The van der Waals surface area contributed by atoms with Gasteiger partial charge in [-0.15, -0.1) is 11.6 Å². The monoisotopic (exact) mass is 370 g/mol. The molecular formula is C14H20ClFO8. The Morgan fingerprint density at radius 3 is 2.12 bits per heavy atom. The molecule has 1 saturated heterocycles. The average Bonchev–Trinajstić information content (AvgIpc) is 2.48. The molecular weight excluding hydrogens is 351 g/mol. The first-order chi connectivity index (χ1) is 11.3. The van der Waals surface area contributed by atoms with Crippen LogP contribution in [0.25, 0.3) is 0 Å². The number of carbonyl (C=O) groups excluding carboxylic acids is 3. The summed E-state index contributed by atoms with van der Waals surface area (Å²) in [6.07, 6.45) is -7.18. The zero-order valence-electron chi connectivity index (χ0n) is 13.5. The minimum Gasteiger partial charge on any atom is -0.463 e. The molecule has 0 unspecified atom stereocenters. The van der Waals surface area contributed by atoms with E-state index in [1.807, 2.05) is 0 Å². The van der Waals surface area contributed by atoms with Gasteiger partial charge in [0.2, 0.25) is 0 Å². The van der Waals surface area contributed by atoms with Crippen LogP contribution in [0.1, 0.15) is 20.8 Å². The van der Waals surface area contributed by atoms with Gasteiger partial charge in [-0.1, -0.05) is 0 Å². The maximum atomic E-state index is 14.6. The summed E-state index contributed by atoms with van der Waals surface area (Å²) in [5, 5.41) is 0. The largest absolute Gasteiger partial charge is 0.463 e. The molecule has 0 amide bonds. The summed E-state index contributed by atoms with van der Waals surface area (Å²) in [6, 6.07) is 0. The van der Waals surface area contributed by atoms with Crippen molar-refractivity contribution in [2.45, 2.75) is 51.5 Å². The predicted octanol–water partition coefficient (Wildman–Crippen LogP) is 0.731. The summed E-state index contributed by atoms with van der Waals surface area (Å²) in [5.41, 5.74) is 0. The lowest BCUT2D eigenvalue weighted by molar-refractivity contribution is -0.291. The highest BCUT2D eigenvalue weighted by atomic mass is 35.5. The van der Waals surface area contributed by atoms with E-state index in [0.29, 0.717) is 0 Å². The third-order valence-corrected chi connectivity index (χ3v) is 3.14. The molecule has 24 heavy (non-hydrogen) atoms. The van der Waals surface area contributed by atoms with Crippen molar-refractivity contribution < 1.29 is 42.5 Å². The second kappa shape index (κ2) is 9.75. The molecule has 1 aliphatic heterocycles. The van der Waals surface area contributed by atoms with Crippen LogP contribution in [0, 0.1) is 0 Å². The lowest BCUT2D eigenvalue weighted by Gasteiger charge is -2.41. The Hall–Kier alpha value is -1.45. The number of halogens is 2. The summed E-state index contributed by atoms with van der Waals surface area (Å²) < 4.78 is 39.9. The number of ether oxygens (including phenoxy) is 5. The Morgan fingerprint density at radius 2 is 1.62 bits per heavy atom. The fourth-order valence-corrected chi connectivity index (χ4v) is 2.25. The van der Waals surface area contributed by atoms with Crippen molar-refractivity contribution in [3.8, 4) is 0 Å².